The van der Waals surface area contributed by atoms with E-state index in [9.17, 15) is 30.6 Å². The van der Waals surface area contributed by atoms with Crippen LogP contribution in [0, 0.1) is 0 Å². The molecule has 2 aromatic carbocycles. The Bertz CT molecular complexity index is 865. The van der Waals surface area contributed by atoms with E-state index in [1.807, 2.05) is 48.5 Å². The Morgan fingerprint density at radius 2 is 0.824 bits per heavy atom. The molecule has 0 radical (unpaired) electrons. The van der Waals surface area contributed by atoms with E-state index in [0.29, 0.717) is 11.4 Å². The molecular weight excluding hydrogens is 444 g/mol. The van der Waals surface area contributed by atoms with Crippen molar-refractivity contribution in [3.63, 3.8) is 0 Å². The van der Waals surface area contributed by atoms with Crippen molar-refractivity contribution in [2.45, 2.75) is 75.1 Å². The average molecular weight is 477 g/mol. The van der Waals surface area contributed by atoms with Crippen LogP contribution in [0.1, 0.15) is 13.8 Å². The highest BCUT2D eigenvalue weighted by Crippen LogP contribution is 2.27. The summed E-state index contributed by atoms with van der Waals surface area (Å²) in [6.45, 7) is 3.26. The van der Waals surface area contributed by atoms with E-state index in [4.69, 9.17) is 9.47 Å². The maximum Gasteiger partial charge on any atom is 0.157 e. The third kappa shape index (κ3) is 5.04. The van der Waals surface area contributed by atoms with Crippen LogP contribution in [0.2, 0.25) is 0 Å². The van der Waals surface area contributed by atoms with Gasteiger partial charge in [-0.25, -0.2) is 0 Å². The highest BCUT2D eigenvalue weighted by atomic mass is 16.6. The molecule has 8 N–H and O–H groups in total. The maximum atomic E-state index is 10.2. The molecule has 10 unspecified atom stereocenters. The summed E-state index contributed by atoms with van der Waals surface area (Å²) in [6.07, 6.45) is -10.4. The molecule has 2 heterocycles. The van der Waals surface area contributed by atoms with Gasteiger partial charge in [0, 0.05) is 11.4 Å². The van der Waals surface area contributed by atoms with Gasteiger partial charge >= 0.3 is 0 Å². The summed E-state index contributed by atoms with van der Waals surface area (Å²) in [7, 11) is 0. The number of rotatable bonds is 5. The lowest BCUT2D eigenvalue weighted by molar-refractivity contribution is -0.209. The summed E-state index contributed by atoms with van der Waals surface area (Å²) in [4.78, 5) is 0. The number of anilines is 2. The molecule has 0 saturated carbocycles. The second-order valence-corrected chi connectivity index (χ2v) is 8.91. The highest BCUT2D eigenvalue weighted by Gasteiger charge is 2.42. The summed E-state index contributed by atoms with van der Waals surface area (Å²) in [6, 6.07) is 14.8. The van der Waals surface area contributed by atoms with Crippen molar-refractivity contribution in [1.82, 2.24) is 0 Å². The first-order chi connectivity index (χ1) is 16.2. The normalized spacial score (nSPS) is 38.4. The number of nitrogens with one attached hydrogen (secondary N) is 2. The first-order valence-electron chi connectivity index (χ1n) is 11.3. The Balaban J connectivity index is 1.38. The van der Waals surface area contributed by atoms with E-state index in [1.54, 1.807) is 13.8 Å². The zero-order chi connectivity index (χ0) is 24.6. The van der Waals surface area contributed by atoms with E-state index in [2.05, 4.69) is 10.6 Å². The van der Waals surface area contributed by atoms with Gasteiger partial charge in [0.1, 0.15) is 36.6 Å². The van der Waals surface area contributed by atoms with Crippen molar-refractivity contribution in [1.29, 1.82) is 0 Å². The Morgan fingerprint density at radius 3 is 1.15 bits per heavy atom. The van der Waals surface area contributed by atoms with Crippen molar-refractivity contribution in [3.8, 4) is 11.1 Å². The lowest BCUT2D eigenvalue weighted by atomic mass is 9.98. The summed E-state index contributed by atoms with van der Waals surface area (Å²) in [5.74, 6) is 0. The Morgan fingerprint density at radius 1 is 0.500 bits per heavy atom. The van der Waals surface area contributed by atoms with Crippen LogP contribution in [0.5, 0.6) is 0 Å². The van der Waals surface area contributed by atoms with E-state index in [1.165, 1.54) is 0 Å². The fraction of sp³-hybridized carbons (Fsp3) is 0.500. The number of hydrogen-bond donors (Lipinski definition) is 8. The van der Waals surface area contributed by atoms with Gasteiger partial charge in [0.15, 0.2) is 12.5 Å². The lowest BCUT2D eigenvalue weighted by Gasteiger charge is -2.39. The first-order valence-corrected chi connectivity index (χ1v) is 11.3. The lowest BCUT2D eigenvalue weighted by Crippen LogP contribution is -2.58. The molecule has 2 fully saturated rings. The van der Waals surface area contributed by atoms with Crippen LogP contribution < -0.4 is 10.6 Å². The smallest absolute Gasteiger partial charge is 0.157 e. The summed E-state index contributed by atoms with van der Waals surface area (Å²) in [5, 5.41) is 66.0. The molecule has 10 nitrogen and oxygen atoms in total. The van der Waals surface area contributed by atoms with Crippen LogP contribution in [-0.2, 0) is 9.47 Å². The minimum atomic E-state index is -1.30. The van der Waals surface area contributed by atoms with E-state index < -0.39 is 61.3 Å². The second-order valence-electron chi connectivity index (χ2n) is 8.91. The number of benzene rings is 2. The van der Waals surface area contributed by atoms with Crippen molar-refractivity contribution in [3.05, 3.63) is 48.5 Å². The van der Waals surface area contributed by atoms with Crippen molar-refractivity contribution >= 4 is 11.4 Å². The molecule has 2 aromatic rings. The summed E-state index contributed by atoms with van der Waals surface area (Å²) < 4.78 is 11.1. The van der Waals surface area contributed by atoms with E-state index in [0.717, 1.165) is 11.1 Å². The SMILES string of the molecule is CC1OC(Nc2ccc(-c3ccc(NC4OC(C)C(O)C(O)C4O)cc3)cc2)C(O)C(O)C1O. The molecule has 186 valence electrons. The van der Waals surface area contributed by atoms with Gasteiger partial charge in [0.25, 0.3) is 0 Å². The second kappa shape index (κ2) is 10.1. The molecule has 10 heteroatoms. The van der Waals surface area contributed by atoms with Gasteiger partial charge in [-0.3, -0.25) is 0 Å². The predicted octanol–water partition coefficient (Wildman–Crippen LogP) is -0.168. The molecule has 0 aliphatic carbocycles. The quantitative estimate of drug-likeness (QED) is 0.291. The largest absolute Gasteiger partial charge is 0.388 e. The molecule has 2 aliphatic heterocycles. The molecule has 0 aromatic heterocycles. The topological polar surface area (TPSA) is 164 Å². The van der Waals surface area contributed by atoms with Gasteiger partial charge in [-0.05, 0) is 49.2 Å². The summed E-state index contributed by atoms with van der Waals surface area (Å²) in [5.41, 5.74) is 3.24. The molecule has 10 atom stereocenters. The summed E-state index contributed by atoms with van der Waals surface area (Å²) >= 11 is 0. The van der Waals surface area contributed by atoms with Gasteiger partial charge < -0.3 is 50.7 Å². The molecule has 2 saturated heterocycles. The third-order valence-electron chi connectivity index (χ3n) is 6.43. The molecule has 0 spiro atoms. The minimum absolute atomic E-state index is 0.626. The fourth-order valence-electron chi connectivity index (χ4n) is 4.19. The fourth-order valence-corrected chi connectivity index (χ4v) is 4.19. The highest BCUT2D eigenvalue weighted by molar-refractivity contribution is 5.68. The van der Waals surface area contributed by atoms with Crippen LogP contribution in [0.3, 0.4) is 0 Å². The Kier molecular flexibility index (Phi) is 7.41. The van der Waals surface area contributed by atoms with Gasteiger partial charge in [0.2, 0.25) is 0 Å². The van der Waals surface area contributed by atoms with Crippen LogP contribution in [0.15, 0.2) is 48.5 Å². The van der Waals surface area contributed by atoms with Gasteiger partial charge in [-0.2, -0.15) is 0 Å². The van der Waals surface area contributed by atoms with Crippen LogP contribution in [0.25, 0.3) is 11.1 Å². The van der Waals surface area contributed by atoms with Crippen LogP contribution in [0.4, 0.5) is 11.4 Å². The monoisotopic (exact) mass is 476 g/mol. The van der Waals surface area contributed by atoms with Crippen molar-refractivity contribution in [2.24, 2.45) is 0 Å². The molecule has 0 amide bonds. The van der Waals surface area contributed by atoms with Gasteiger partial charge in [0.05, 0.1) is 12.2 Å². The van der Waals surface area contributed by atoms with Gasteiger partial charge in [-0.1, -0.05) is 24.3 Å². The van der Waals surface area contributed by atoms with Crippen molar-refractivity contribution in [2.75, 3.05) is 10.6 Å². The first kappa shape index (κ1) is 24.8. The standard InChI is InChI=1S/C24H32N2O8/c1-11-17(27)19(29)21(31)23(33-11)25-15-7-3-13(4-8-15)14-5-9-16(10-6-14)26-24-22(32)20(30)18(28)12(2)34-24/h3-12,17-32H,1-2H3. The number of aliphatic hydroxyl groups is 6. The number of aliphatic hydroxyl groups excluding tert-OH is 6. The average Bonchev–Trinajstić information content (AvgIpc) is 2.84. The van der Waals surface area contributed by atoms with Crippen molar-refractivity contribution < 1.29 is 40.1 Å². The van der Waals surface area contributed by atoms with Crippen LogP contribution >= 0.6 is 0 Å². The van der Waals surface area contributed by atoms with Gasteiger partial charge in [-0.15, -0.1) is 0 Å². The predicted molar refractivity (Wildman–Crippen MR) is 124 cm³/mol. The Labute approximate surface area is 197 Å². The third-order valence-corrected chi connectivity index (χ3v) is 6.43. The zero-order valence-corrected chi connectivity index (χ0v) is 18.9. The minimum Gasteiger partial charge on any atom is -0.388 e. The molecule has 0 bridgehead atoms. The molecular formula is C24H32N2O8. The maximum absolute atomic E-state index is 10.2. The molecule has 34 heavy (non-hydrogen) atoms. The Hall–Kier alpha value is -2.28. The van der Waals surface area contributed by atoms with E-state index in [-0.39, 0.29) is 0 Å². The molecule has 4 rings (SSSR count). The number of ether oxygens (including phenoxy) is 2. The zero-order valence-electron chi connectivity index (χ0n) is 18.9. The van der Waals surface area contributed by atoms with E-state index >= 15 is 0 Å². The number of hydrogen-bond acceptors (Lipinski definition) is 10. The molecule has 2 aliphatic rings. The van der Waals surface area contributed by atoms with Crippen LogP contribution in [-0.4, -0.2) is 91.9 Å².